The minimum Gasteiger partial charge on any atom is -0.441 e. The fraction of sp³-hybridized carbons (Fsp3) is 0.562. The second kappa shape index (κ2) is 18.1. The molecule has 0 N–H and O–H groups in total. The van der Waals surface area contributed by atoms with Crippen molar-refractivity contribution < 1.29 is 4.42 Å². The summed E-state index contributed by atoms with van der Waals surface area (Å²) in [7, 11) is 0. The molecule has 0 aliphatic rings. The predicted octanol–water partition coefficient (Wildman–Crippen LogP) is 6.13. The maximum absolute atomic E-state index is 5.15. The minimum atomic E-state index is 0.643. The molecule has 18 heavy (non-hydrogen) atoms. The van der Waals surface area contributed by atoms with Gasteiger partial charge in [0.05, 0.1) is 0 Å². The van der Waals surface area contributed by atoms with Crippen LogP contribution in [0.4, 0.5) is 0 Å². The van der Waals surface area contributed by atoms with Gasteiger partial charge in [0.1, 0.15) is 5.69 Å². The van der Waals surface area contributed by atoms with Gasteiger partial charge in [-0.1, -0.05) is 67.5 Å². The highest BCUT2D eigenvalue weighted by atomic mass is 16.4. The van der Waals surface area contributed by atoms with E-state index in [0.717, 1.165) is 5.69 Å². The van der Waals surface area contributed by atoms with Gasteiger partial charge >= 0.3 is 0 Å². The van der Waals surface area contributed by atoms with Crippen LogP contribution in [-0.2, 0) is 0 Å². The van der Waals surface area contributed by atoms with Crippen LogP contribution in [0, 0.1) is 6.92 Å². The highest BCUT2D eigenvalue weighted by Gasteiger charge is 2.01. The highest BCUT2D eigenvalue weighted by molar-refractivity contribution is 5.55. The summed E-state index contributed by atoms with van der Waals surface area (Å²) in [4.78, 5) is 4.04. The van der Waals surface area contributed by atoms with E-state index in [4.69, 9.17) is 4.42 Å². The van der Waals surface area contributed by atoms with Crippen LogP contribution in [0.15, 0.2) is 17.6 Å². The van der Waals surface area contributed by atoms with Gasteiger partial charge in [0.2, 0.25) is 0 Å². The Morgan fingerprint density at radius 1 is 1.00 bits per heavy atom. The molecule has 0 amide bonds. The van der Waals surface area contributed by atoms with Crippen molar-refractivity contribution in [3.05, 3.63) is 30.5 Å². The summed E-state index contributed by atoms with van der Waals surface area (Å²) in [5.41, 5.74) is 0.757. The molecule has 1 heterocycles. The number of hydrogen-bond donors (Lipinski definition) is 0. The van der Waals surface area contributed by atoms with E-state index in [-0.39, 0.29) is 0 Å². The summed E-state index contributed by atoms with van der Waals surface area (Å²) >= 11 is 0. The van der Waals surface area contributed by atoms with Crippen LogP contribution in [0.2, 0.25) is 0 Å². The zero-order valence-electron chi connectivity index (χ0n) is 13.3. The largest absolute Gasteiger partial charge is 0.441 e. The van der Waals surface area contributed by atoms with Crippen molar-refractivity contribution in [1.29, 1.82) is 0 Å². The normalized spacial score (nSPS) is 7.50. The maximum Gasteiger partial charge on any atom is 0.192 e. The van der Waals surface area contributed by atoms with Crippen molar-refractivity contribution >= 4 is 12.2 Å². The lowest BCUT2D eigenvalue weighted by molar-refractivity contribution is 0.513. The predicted molar refractivity (Wildman–Crippen MR) is 84.7 cm³/mol. The summed E-state index contributed by atoms with van der Waals surface area (Å²) in [6.45, 7) is 21.3. The van der Waals surface area contributed by atoms with Crippen LogP contribution < -0.4 is 0 Å². The molecular weight excluding hydrogens is 222 g/mol. The number of unbranched alkanes of at least 4 members (excludes halogenated alkanes) is 1. The second-order valence-electron chi connectivity index (χ2n) is 2.89. The topological polar surface area (TPSA) is 26.0 Å². The minimum absolute atomic E-state index is 0.643. The summed E-state index contributed by atoms with van der Waals surface area (Å²) in [6, 6.07) is 0. The number of oxazole rings is 1. The van der Waals surface area contributed by atoms with Crippen LogP contribution in [0.1, 0.15) is 71.7 Å². The molecule has 0 radical (unpaired) electrons. The SMILES string of the molecule is C=Cc1nc(C)oc1C=C.CC.CC.CCCC. The lowest BCUT2D eigenvalue weighted by atomic mass is 10.3. The maximum atomic E-state index is 5.15. The monoisotopic (exact) mass is 253 g/mol. The van der Waals surface area contributed by atoms with Gasteiger partial charge < -0.3 is 4.42 Å². The molecule has 0 aliphatic heterocycles. The fourth-order valence-corrected chi connectivity index (χ4v) is 0.751. The Bertz CT molecular complexity index is 260. The quantitative estimate of drug-likeness (QED) is 0.647. The number of aryl methyl sites for hydroxylation is 1. The highest BCUT2D eigenvalue weighted by Crippen LogP contribution is 2.11. The molecule has 0 atom stereocenters. The van der Waals surface area contributed by atoms with Crippen molar-refractivity contribution in [3.63, 3.8) is 0 Å². The van der Waals surface area contributed by atoms with Crippen LogP contribution in [0.5, 0.6) is 0 Å². The van der Waals surface area contributed by atoms with E-state index in [0.29, 0.717) is 11.7 Å². The molecule has 0 saturated heterocycles. The van der Waals surface area contributed by atoms with Crippen LogP contribution in [0.25, 0.3) is 12.2 Å². The standard InChI is InChI=1S/C8H9NO.C4H10.2C2H6/c1-4-7-8(5-2)10-6(3)9-7;1-3-4-2;2*1-2/h4-5H,1-2H2,3H3;3-4H2,1-2H3;2*1-2H3. The fourth-order valence-electron chi connectivity index (χ4n) is 0.751. The second-order valence-corrected chi connectivity index (χ2v) is 2.89. The smallest absolute Gasteiger partial charge is 0.192 e. The molecule has 0 aliphatic carbocycles. The summed E-state index contributed by atoms with van der Waals surface area (Å²) in [6.07, 6.45) is 5.91. The van der Waals surface area contributed by atoms with Crippen molar-refractivity contribution in [2.45, 2.75) is 61.3 Å². The Kier molecular flexibility index (Phi) is 22.0. The summed E-state index contributed by atoms with van der Waals surface area (Å²) in [5, 5.41) is 0. The zero-order valence-corrected chi connectivity index (χ0v) is 13.3. The Morgan fingerprint density at radius 2 is 1.44 bits per heavy atom. The lowest BCUT2D eigenvalue weighted by Gasteiger charge is -1.81. The molecule has 1 aromatic heterocycles. The molecule has 1 aromatic rings. The van der Waals surface area contributed by atoms with Gasteiger partial charge in [0.25, 0.3) is 0 Å². The molecule has 0 bridgehead atoms. The lowest BCUT2D eigenvalue weighted by Crippen LogP contribution is -1.72. The van der Waals surface area contributed by atoms with E-state index in [2.05, 4.69) is 32.0 Å². The van der Waals surface area contributed by atoms with Gasteiger partial charge in [-0.15, -0.1) is 0 Å². The average Bonchev–Trinajstić information content (AvgIpc) is 2.83. The third-order valence-corrected chi connectivity index (χ3v) is 1.67. The van der Waals surface area contributed by atoms with Gasteiger partial charge in [-0.05, 0) is 12.2 Å². The molecule has 1 rings (SSSR count). The first kappa shape index (κ1) is 21.9. The number of hydrogen-bond acceptors (Lipinski definition) is 2. The summed E-state index contributed by atoms with van der Waals surface area (Å²) in [5.74, 6) is 1.33. The van der Waals surface area contributed by atoms with E-state index in [1.165, 1.54) is 12.8 Å². The van der Waals surface area contributed by atoms with Gasteiger partial charge in [-0.25, -0.2) is 4.98 Å². The van der Waals surface area contributed by atoms with Crippen molar-refractivity contribution in [2.75, 3.05) is 0 Å². The summed E-state index contributed by atoms with van der Waals surface area (Å²) < 4.78 is 5.15. The van der Waals surface area contributed by atoms with E-state index in [1.54, 1.807) is 19.1 Å². The molecule has 0 fully saturated rings. The van der Waals surface area contributed by atoms with E-state index < -0.39 is 0 Å². The molecule has 2 nitrogen and oxygen atoms in total. The van der Waals surface area contributed by atoms with Crippen molar-refractivity contribution in [2.24, 2.45) is 0 Å². The Morgan fingerprint density at radius 3 is 1.67 bits per heavy atom. The molecule has 0 saturated carbocycles. The molecule has 2 heteroatoms. The molecule has 0 spiro atoms. The van der Waals surface area contributed by atoms with Gasteiger partial charge in [-0.2, -0.15) is 0 Å². The van der Waals surface area contributed by atoms with Crippen molar-refractivity contribution in [1.82, 2.24) is 4.98 Å². The Labute approximate surface area is 114 Å². The first-order valence-electron chi connectivity index (χ1n) is 6.91. The Hall–Kier alpha value is -1.31. The van der Waals surface area contributed by atoms with E-state index in [1.807, 2.05) is 27.7 Å². The first-order chi connectivity index (χ1) is 8.69. The molecular formula is C16H31NO. The van der Waals surface area contributed by atoms with Crippen LogP contribution in [0.3, 0.4) is 0 Å². The van der Waals surface area contributed by atoms with E-state index in [9.17, 15) is 0 Å². The third-order valence-electron chi connectivity index (χ3n) is 1.67. The zero-order chi connectivity index (χ0) is 15.0. The van der Waals surface area contributed by atoms with Crippen LogP contribution in [-0.4, -0.2) is 4.98 Å². The Balaban J connectivity index is -0.000000238. The van der Waals surface area contributed by atoms with Gasteiger partial charge in [-0.3, -0.25) is 0 Å². The molecule has 106 valence electrons. The molecule has 0 aromatic carbocycles. The number of aromatic nitrogens is 1. The van der Waals surface area contributed by atoms with E-state index >= 15 is 0 Å². The first-order valence-corrected chi connectivity index (χ1v) is 6.91. The van der Waals surface area contributed by atoms with Gasteiger partial charge in [0.15, 0.2) is 11.7 Å². The number of nitrogens with zero attached hydrogens (tertiary/aromatic N) is 1. The third kappa shape index (κ3) is 11.2. The average molecular weight is 253 g/mol. The van der Waals surface area contributed by atoms with Crippen molar-refractivity contribution in [3.8, 4) is 0 Å². The van der Waals surface area contributed by atoms with Gasteiger partial charge in [0, 0.05) is 6.92 Å². The molecule has 0 unspecified atom stereocenters. The number of rotatable bonds is 3. The van der Waals surface area contributed by atoms with Crippen LogP contribution >= 0.6 is 0 Å².